The lowest BCUT2D eigenvalue weighted by molar-refractivity contribution is -0.127. The van der Waals surface area contributed by atoms with E-state index in [1.807, 2.05) is 20.8 Å². The molecule has 2 atom stereocenters. The molecule has 1 fully saturated rings. The van der Waals surface area contributed by atoms with E-state index in [9.17, 15) is 9.59 Å². The Morgan fingerprint density at radius 2 is 1.88 bits per heavy atom. The molecule has 0 spiro atoms. The second-order valence-corrected chi connectivity index (χ2v) is 7.72. The SMILES string of the molecule is Cc1cc(C)c(N2CC(C(=O)NC(CN)CC(C)C)CC2=O)c(C)c1. The molecule has 5 nitrogen and oxygen atoms in total. The van der Waals surface area contributed by atoms with Crippen molar-refractivity contribution >= 4 is 17.5 Å². The summed E-state index contributed by atoms with van der Waals surface area (Å²) in [4.78, 5) is 26.9. The van der Waals surface area contributed by atoms with E-state index in [1.54, 1.807) is 4.90 Å². The zero-order chi connectivity index (χ0) is 18.7. The lowest BCUT2D eigenvalue weighted by Gasteiger charge is -2.23. The van der Waals surface area contributed by atoms with Crippen LogP contribution in [-0.2, 0) is 9.59 Å². The number of amides is 2. The molecule has 5 heteroatoms. The minimum atomic E-state index is -0.311. The molecule has 1 aromatic carbocycles. The molecule has 25 heavy (non-hydrogen) atoms. The molecule has 1 aliphatic heterocycles. The maximum absolute atomic E-state index is 12.6. The molecule has 0 aromatic heterocycles. The number of nitrogens with zero attached hydrogens (tertiary/aromatic N) is 1. The standard InChI is InChI=1S/C20H31N3O2/c1-12(2)6-17(10-21)22-20(25)16-9-18(24)23(11-16)19-14(4)7-13(3)8-15(19)5/h7-8,12,16-17H,6,9-11,21H2,1-5H3,(H,22,25). The van der Waals surface area contributed by atoms with Crippen molar-refractivity contribution in [2.24, 2.45) is 17.6 Å². The van der Waals surface area contributed by atoms with Gasteiger partial charge in [0.2, 0.25) is 11.8 Å². The Hall–Kier alpha value is -1.88. The van der Waals surface area contributed by atoms with Crippen molar-refractivity contribution in [1.82, 2.24) is 5.32 Å². The van der Waals surface area contributed by atoms with Crippen LogP contribution >= 0.6 is 0 Å². The van der Waals surface area contributed by atoms with Gasteiger partial charge in [-0.3, -0.25) is 9.59 Å². The first-order valence-electron chi connectivity index (χ1n) is 9.11. The van der Waals surface area contributed by atoms with Gasteiger partial charge < -0.3 is 16.0 Å². The lowest BCUT2D eigenvalue weighted by atomic mass is 10.0. The van der Waals surface area contributed by atoms with Gasteiger partial charge in [-0.1, -0.05) is 31.5 Å². The molecule has 0 saturated carbocycles. The van der Waals surface area contributed by atoms with E-state index in [4.69, 9.17) is 5.73 Å². The number of carbonyl (C=O) groups is 2. The third-order valence-corrected chi connectivity index (χ3v) is 4.79. The summed E-state index contributed by atoms with van der Waals surface area (Å²) in [7, 11) is 0. The van der Waals surface area contributed by atoms with Gasteiger partial charge in [-0.25, -0.2) is 0 Å². The Labute approximate surface area is 151 Å². The molecule has 2 rings (SSSR count). The highest BCUT2D eigenvalue weighted by Gasteiger charge is 2.36. The van der Waals surface area contributed by atoms with Crippen LogP contribution in [0.15, 0.2) is 12.1 Å². The monoisotopic (exact) mass is 345 g/mol. The lowest BCUT2D eigenvalue weighted by Crippen LogP contribution is -2.44. The van der Waals surface area contributed by atoms with Gasteiger partial charge >= 0.3 is 0 Å². The maximum Gasteiger partial charge on any atom is 0.227 e. The number of nitrogens with two attached hydrogens (primary N) is 1. The smallest absolute Gasteiger partial charge is 0.227 e. The molecule has 0 aliphatic carbocycles. The summed E-state index contributed by atoms with van der Waals surface area (Å²) in [5.41, 5.74) is 10.1. The summed E-state index contributed by atoms with van der Waals surface area (Å²) in [6.45, 7) is 11.2. The van der Waals surface area contributed by atoms with E-state index < -0.39 is 0 Å². The van der Waals surface area contributed by atoms with E-state index in [1.165, 1.54) is 5.56 Å². The summed E-state index contributed by atoms with van der Waals surface area (Å²) in [5.74, 6) is 0.111. The maximum atomic E-state index is 12.6. The van der Waals surface area contributed by atoms with Gasteiger partial charge in [0.05, 0.1) is 5.92 Å². The molecule has 138 valence electrons. The quantitative estimate of drug-likeness (QED) is 0.831. The minimum Gasteiger partial charge on any atom is -0.352 e. The van der Waals surface area contributed by atoms with Gasteiger partial charge in [-0.05, 0) is 44.2 Å². The molecule has 1 aromatic rings. The molecule has 0 bridgehead atoms. The first kappa shape index (κ1) is 19.4. The second kappa shape index (κ2) is 8.00. The third-order valence-electron chi connectivity index (χ3n) is 4.79. The molecular formula is C20H31N3O2. The van der Waals surface area contributed by atoms with Crippen LogP contribution in [0, 0.1) is 32.6 Å². The normalized spacial score (nSPS) is 18.8. The van der Waals surface area contributed by atoms with Crippen molar-refractivity contribution < 1.29 is 9.59 Å². The van der Waals surface area contributed by atoms with E-state index >= 15 is 0 Å². The Balaban J connectivity index is 2.11. The van der Waals surface area contributed by atoms with Crippen molar-refractivity contribution in [2.45, 2.75) is 53.5 Å². The number of benzene rings is 1. The minimum absolute atomic E-state index is 0.0170. The van der Waals surface area contributed by atoms with Crippen molar-refractivity contribution in [3.63, 3.8) is 0 Å². The van der Waals surface area contributed by atoms with Crippen molar-refractivity contribution in [1.29, 1.82) is 0 Å². The van der Waals surface area contributed by atoms with Crippen LogP contribution in [0.1, 0.15) is 43.4 Å². The molecule has 1 heterocycles. The van der Waals surface area contributed by atoms with E-state index in [-0.39, 0.29) is 30.2 Å². The number of aryl methyl sites for hydroxylation is 3. The van der Waals surface area contributed by atoms with Crippen LogP contribution in [0.4, 0.5) is 5.69 Å². The van der Waals surface area contributed by atoms with Gasteiger partial charge in [-0.2, -0.15) is 0 Å². The van der Waals surface area contributed by atoms with E-state index in [0.717, 1.165) is 23.2 Å². The number of nitrogens with one attached hydrogen (secondary N) is 1. The summed E-state index contributed by atoms with van der Waals surface area (Å²) in [5, 5.41) is 3.03. The summed E-state index contributed by atoms with van der Waals surface area (Å²) in [6.07, 6.45) is 1.11. The fourth-order valence-corrected chi connectivity index (χ4v) is 3.80. The molecule has 1 aliphatic rings. The van der Waals surface area contributed by atoms with E-state index in [2.05, 4.69) is 31.3 Å². The van der Waals surface area contributed by atoms with Crippen molar-refractivity contribution in [3.8, 4) is 0 Å². The van der Waals surface area contributed by atoms with E-state index in [0.29, 0.717) is 19.0 Å². The summed E-state index contributed by atoms with van der Waals surface area (Å²) < 4.78 is 0. The van der Waals surface area contributed by atoms with Gasteiger partial charge in [0.25, 0.3) is 0 Å². The highest BCUT2D eigenvalue weighted by atomic mass is 16.2. The third kappa shape index (κ3) is 4.60. The predicted octanol–water partition coefficient (Wildman–Crippen LogP) is 2.45. The average Bonchev–Trinajstić information content (AvgIpc) is 2.87. The molecule has 2 amide bonds. The molecule has 1 saturated heterocycles. The fourth-order valence-electron chi connectivity index (χ4n) is 3.80. The van der Waals surface area contributed by atoms with Gasteiger partial charge in [-0.15, -0.1) is 0 Å². The largest absolute Gasteiger partial charge is 0.352 e. The Bertz CT molecular complexity index is 631. The van der Waals surface area contributed by atoms with Gasteiger partial charge in [0, 0.05) is 31.2 Å². The number of hydrogen-bond acceptors (Lipinski definition) is 3. The van der Waals surface area contributed by atoms with Gasteiger partial charge in [0.15, 0.2) is 0 Å². The summed E-state index contributed by atoms with van der Waals surface area (Å²) >= 11 is 0. The van der Waals surface area contributed by atoms with Crippen LogP contribution in [0.5, 0.6) is 0 Å². The highest BCUT2D eigenvalue weighted by molar-refractivity contribution is 6.01. The zero-order valence-electron chi connectivity index (χ0n) is 16.1. The van der Waals surface area contributed by atoms with Crippen molar-refractivity contribution in [3.05, 3.63) is 28.8 Å². The van der Waals surface area contributed by atoms with Crippen molar-refractivity contribution in [2.75, 3.05) is 18.0 Å². The average molecular weight is 345 g/mol. The zero-order valence-corrected chi connectivity index (χ0v) is 16.1. The highest BCUT2D eigenvalue weighted by Crippen LogP contribution is 2.32. The molecule has 3 N–H and O–H groups in total. The summed E-state index contributed by atoms with van der Waals surface area (Å²) in [6, 6.07) is 4.13. The Morgan fingerprint density at radius 1 is 1.28 bits per heavy atom. The first-order chi connectivity index (χ1) is 11.7. The first-order valence-corrected chi connectivity index (χ1v) is 9.11. The van der Waals surface area contributed by atoms with Crippen LogP contribution in [0.25, 0.3) is 0 Å². The second-order valence-electron chi connectivity index (χ2n) is 7.72. The Kier molecular flexibility index (Phi) is 6.22. The van der Waals surface area contributed by atoms with Gasteiger partial charge in [0.1, 0.15) is 0 Å². The molecule has 2 unspecified atom stereocenters. The van der Waals surface area contributed by atoms with Crippen LogP contribution in [0.2, 0.25) is 0 Å². The molecule has 0 radical (unpaired) electrons. The molecular weight excluding hydrogens is 314 g/mol. The van der Waals surface area contributed by atoms with Crippen LogP contribution < -0.4 is 16.0 Å². The number of hydrogen-bond donors (Lipinski definition) is 2. The van der Waals surface area contributed by atoms with Crippen LogP contribution in [-0.4, -0.2) is 30.9 Å². The Morgan fingerprint density at radius 3 is 2.40 bits per heavy atom. The predicted molar refractivity (Wildman–Crippen MR) is 102 cm³/mol. The number of anilines is 1. The fraction of sp³-hybridized carbons (Fsp3) is 0.600. The topological polar surface area (TPSA) is 75.4 Å². The number of rotatable bonds is 6. The van der Waals surface area contributed by atoms with Crippen LogP contribution in [0.3, 0.4) is 0 Å². The number of carbonyl (C=O) groups excluding carboxylic acids is 2.